The molecular weight excluding hydrogens is 264 g/mol. The molecule has 0 spiro atoms. The zero-order valence-corrected chi connectivity index (χ0v) is 11.6. The predicted octanol–water partition coefficient (Wildman–Crippen LogP) is 3.40. The molecule has 1 heterocycles. The highest BCUT2D eigenvalue weighted by atomic mass is 35.5. The van der Waals surface area contributed by atoms with E-state index < -0.39 is 0 Å². The van der Waals surface area contributed by atoms with Crippen LogP contribution in [0.1, 0.15) is 13.3 Å². The zero-order chi connectivity index (χ0) is 13.5. The van der Waals surface area contributed by atoms with Crippen LogP contribution in [-0.4, -0.2) is 23.0 Å². The second-order valence-corrected chi connectivity index (χ2v) is 4.47. The number of benzene rings is 1. The van der Waals surface area contributed by atoms with Crippen LogP contribution in [0.15, 0.2) is 36.7 Å². The van der Waals surface area contributed by atoms with Crippen LogP contribution in [0.3, 0.4) is 0 Å². The van der Waals surface area contributed by atoms with Gasteiger partial charge in [-0.15, -0.1) is 0 Å². The summed E-state index contributed by atoms with van der Waals surface area (Å²) in [5.41, 5.74) is 0. The van der Waals surface area contributed by atoms with Gasteiger partial charge in [0.05, 0.1) is 25.6 Å². The highest BCUT2D eigenvalue weighted by Crippen LogP contribution is 2.15. The molecule has 1 aromatic carbocycles. The predicted molar refractivity (Wildman–Crippen MR) is 75.0 cm³/mol. The molecule has 0 saturated heterocycles. The smallest absolute Gasteiger partial charge is 0.157 e. The third-order valence-corrected chi connectivity index (χ3v) is 2.83. The molecule has 0 unspecified atom stereocenters. The molecule has 0 aliphatic rings. The van der Waals surface area contributed by atoms with Crippen molar-refractivity contribution in [2.45, 2.75) is 19.9 Å². The molecule has 2 aromatic rings. The van der Waals surface area contributed by atoms with E-state index >= 15 is 0 Å². The Morgan fingerprint density at radius 1 is 1.11 bits per heavy atom. The Morgan fingerprint density at radius 2 is 1.79 bits per heavy atom. The summed E-state index contributed by atoms with van der Waals surface area (Å²) in [4.78, 5) is 0. The van der Waals surface area contributed by atoms with Crippen LogP contribution in [0, 0.1) is 0 Å². The number of hydrogen-bond acceptors (Lipinski definition) is 3. The maximum atomic E-state index is 5.79. The van der Waals surface area contributed by atoms with Gasteiger partial charge in [0, 0.05) is 18.0 Å². The maximum absolute atomic E-state index is 5.79. The van der Waals surface area contributed by atoms with E-state index in [1.165, 1.54) is 0 Å². The lowest BCUT2D eigenvalue weighted by atomic mass is 10.3. The largest absolute Gasteiger partial charge is 0.493 e. The van der Waals surface area contributed by atoms with Gasteiger partial charge in [0.25, 0.3) is 0 Å². The summed E-state index contributed by atoms with van der Waals surface area (Å²) in [5.74, 6) is 1.62. The lowest BCUT2D eigenvalue weighted by Crippen LogP contribution is -2.04. The molecule has 0 bridgehead atoms. The van der Waals surface area contributed by atoms with E-state index in [-0.39, 0.29) is 0 Å². The van der Waals surface area contributed by atoms with E-state index in [9.17, 15) is 0 Å². The molecule has 102 valence electrons. The van der Waals surface area contributed by atoms with Gasteiger partial charge in [-0.1, -0.05) is 11.6 Å². The Hall–Kier alpha value is -1.68. The van der Waals surface area contributed by atoms with E-state index in [2.05, 4.69) is 5.10 Å². The van der Waals surface area contributed by atoms with Crippen LogP contribution in [0.4, 0.5) is 0 Å². The Balaban J connectivity index is 1.63. The highest BCUT2D eigenvalue weighted by molar-refractivity contribution is 6.30. The second-order valence-electron chi connectivity index (χ2n) is 4.04. The normalized spacial score (nSPS) is 10.4. The molecule has 2 rings (SSSR count). The van der Waals surface area contributed by atoms with E-state index in [1.807, 2.05) is 42.1 Å². The average Bonchev–Trinajstić information content (AvgIpc) is 2.88. The van der Waals surface area contributed by atoms with Gasteiger partial charge in [-0.05, 0) is 31.2 Å². The summed E-state index contributed by atoms with van der Waals surface area (Å²) in [6, 6.07) is 7.34. The van der Waals surface area contributed by atoms with Gasteiger partial charge in [0.15, 0.2) is 5.75 Å². The molecule has 0 aliphatic heterocycles. The third-order valence-electron chi connectivity index (χ3n) is 2.57. The van der Waals surface area contributed by atoms with Gasteiger partial charge in [-0.25, -0.2) is 0 Å². The molecule has 19 heavy (non-hydrogen) atoms. The van der Waals surface area contributed by atoms with E-state index in [0.717, 1.165) is 24.5 Å². The average molecular weight is 281 g/mol. The molecule has 5 heteroatoms. The summed E-state index contributed by atoms with van der Waals surface area (Å²) in [6.45, 7) is 4.12. The molecule has 0 aliphatic carbocycles. The van der Waals surface area contributed by atoms with E-state index in [1.54, 1.807) is 6.20 Å². The van der Waals surface area contributed by atoms with Crippen LogP contribution in [-0.2, 0) is 6.54 Å². The Morgan fingerprint density at radius 3 is 2.42 bits per heavy atom. The summed E-state index contributed by atoms with van der Waals surface area (Å²) >= 11 is 5.79. The number of aromatic nitrogens is 2. The molecule has 0 N–H and O–H groups in total. The quantitative estimate of drug-likeness (QED) is 0.729. The molecule has 1 aromatic heterocycles. The lowest BCUT2D eigenvalue weighted by Gasteiger charge is -2.06. The number of rotatable bonds is 7. The van der Waals surface area contributed by atoms with Crippen molar-refractivity contribution in [1.29, 1.82) is 0 Å². The molecule has 0 saturated carbocycles. The minimum atomic E-state index is 0.614. The molecule has 0 atom stereocenters. The standard InChI is InChI=1S/C14H17ClN2O2/c1-2-17-11-14(10-16-17)19-9-3-8-18-13-6-4-12(15)5-7-13/h4-7,10-11H,2-3,8-9H2,1H3. The van der Waals surface area contributed by atoms with Crippen molar-refractivity contribution in [2.75, 3.05) is 13.2 Å². The Bertz CT molecular complexity index is 496. The molecule has 4 nitrogen and oxygen atoms in total. The van der Waals surface area contributed by atoms with Crippen LogP contribution < -0.4 is 9.47 Å². The summed E-state index contributed by atoms with van der Waals surface area (Å²) < 4.78 is 13.0. The number of ether oxygens (including phenoxy) is 2. The first-order valence-corrected chi connectivity index (χ1v) is 6.69. The monoisotopic (exact) mass is 280 g/mol. The summed E-state index contributed by atoms with van der Waals surface area (Å²) in [7, 11) is 0. The molecule has 0 amide bonds. The molecular formula is C14H17ClN2O2. The van der Waals surface area contributed by atoms with Crippen molar-refractivity contribution < 1.29 is 9.47 Å². The maximum Gasteiger partial charge on any atom is 0.157 e. The first-order chi connectivity index (χ1) is 9.28. The van der Waals surface area contributed by atoms with Crippen LogP contribution in [0.2, 0.25) is 5.02 Å². The first-order valence-electron chi connectivity index (χ1n) is 6.31. The number of halogens is 1. The Labute approximate surface area is 117 Å². The Kier molecular flexibility index (Phi) is 5.10. The zero-order valence-electron chi connectivity index (χ0n) is 10.9. The minimum Gasteiger partial charge on any atom is -0.493 e. The fourth-order valence-electron chi connectivity index (χ4n) is 1.56. The number of nitrogens with zero attached hydrogens (tertiary/aromatic N) is 2. The van der Waals surface area contributed by atoms with Gasteiger partial charge in [-0.3, -0.25) is 4.68 Å². The van der Waals surface area contributed by atoms with Crippen molar-refractivity contribution in [3.63, 3.8) is 0 Å². The minimum absolute atomic E-state index is 0.614. The molecule has 0 radical (unpaired) electrons. The van der Waals surface area contributed by atoms with Crippen molar-refractivity contribution in [3.8, 4) is 11.5 Å². The number of hydrogen-bond donors (Lipinski definition) is 0. The highest BCUT2D eigenvalue weighted by Gasteiger charge is 1.98. The SMILES string of the molecule is CCn1cc(OCCCOc2ccc(Cl)cc2)cn1. The topological polar surface area (TPSA) is 36.3 Å². The van der Waals surface area contributed by atoms with Crippen LogP contribution in [0.25, 0.3) is 0 Å². The van der Waals surface area contributed by atoms with E-state index in [4.69, 9.17) is 21.1 Å². The summed E-state index contributed by atoms with van der Waals surface area (Å²) in [6.07, 6.45) is 4.43. The van der Waals surface area contributed by atoms with Crippen molar-refractivity contribution in [2.24, 2.45) is 0 Å². The van der Waals surface area contributed by atoms with Crippen LogP contribution in [0.5, 0.6) is 11.5 Å². The summed E-state index contributed by atoms with van der Waals surface area (Å²) in [5, 5.41) is 4.85. The van der Waals surface area contributed by atoms with Crippen LogP contribution >= 0.6 is 11.6 Å². The number of aryl methyl sites for hydroxylation is 1. The van der Waals surface area contributed by atoms with Crippen molar-refractivity contribution in [1.82, 2.24) is 9.78 Å². The lowest BCUT2D eigenvalue weighted by molar-refractivity contribution is 0.247. The van der Waals surface area contributed by atoms with Gasteiger partial charge < -0.3 is 9.47 Å². The molecule has 0 fully saturated rings. The second kappa shape index (κ2) is 7.04. The van der Waals surface area contributed by atoms with Gasteiger partial charge >= 0.3 is 0 Å². The van der Waals surface area contributed by atoms with E-state index in [0.29, 0.717) is 18.2 Å². The van der Waals surface area contributed by atoms with Gasteiger partial charge in [0.1, 0.15) is 5.75 Å². The fourth-order valence-corrected chi connectivity index (χ4v) is 1.69. The van der Waals surface area contributed by atoms with Crippen molar-refractivity contribution >= 4 is 11.6 Å². The van der Waals surface area contributed by atoms with Crippen molar-refractivity contribution in [3.05, 3.63) is 41.7 Å². The third kappa shape index (κ3) is 4.48. The van der Waals surface area contributed by atoms with Gasteiger partial charge in [-0.2, -0.15) is 5.10 Å². The fraction of sp³-hybridized carbons (Fsp3) is 0.357. The first kappa shape index (κ1) is 13.7. The van der Waals surface area contributed by atoms with Gasteiger partial charge in [0.2, 0.25) is 0 Å².